The van der Waals surface area contributed by atoms with Crippen LogP contribution in [0.5, 0.6) is 0 Å². The van der Waals surface area contributed by atoms with Crippen LogP contribution in [0.1, 0.15) is 17.0 Å². The van der Waals surface area contributed by atoms with Crippen molar-refractivity contribution >= 4 is 11.8 Å². The van der Waals surface area contributed by atoms with Crippen LogP contribution in [0.3, 0.4) is 0 Å². The third-order valence-corrected chi connectivity index (χ3v) is 5.57. The molecule has 0 unspecified atom stereocenters. The lowest BCUT2D eigenvalue weighted by Crippen LogP contribution is -2.00. The number of allylic oxidation sites excluding steroid dienone is 1. The smallest absolute Gasteiger partial charge is 0.226 e. The highest BCUT2D eigenvalue weighted by Gasteiger charge is 2.16. The average Bonchev–Trinajstić information content (AvgIpc) is 3.31. The topological polar surface area (TPSA) is 56.7 Å². The number of hydrogen-bond donors (Lipinski definition) is 0. The maximum Gasteiger partial charge on any atom is 0.226 e. The zero-order chi connectivity index (χ0) is 20.2. The van der Waals surface area contributed by atoms with Crippen molar-refractivity contribution in [2.24, 2.45) is 0 Å². The number of thioether (sulfide) groups is 1. The molecular formula is C23H22N4OS. The normalized spacial score (nSPS) is 11.0. The van der Waals surface area contributed by atoms with Gasteiger partial charge in [-0.2, -0.15) is 0 Å². The van der Waals surface area contributed by atoms with Crippen LogP contribution in [-0.2, 0) is 12.3 Å². The van der Waals surface area contributed by atoms with Crippen LogP contribution in [0.2, 0.25) is 0 Å². The minimum absolute atomic E-state index is 0.645. The van der Waals surface area contributed by atoms with E-state index in [-0.39, 0.29) is 0 Å². The molecule has 2 heterocycles. The zero-order valence-electron chi connectivity index (χ0n) is 16.5. The van der Waals surface area contributed by atoms with Gasteiger partial charge in [0.25, 0.3) is 0 Å². The summed E-state index contributed by atoms with van der Waals surface area (Å²) in [5.41, 5.74) is 4.15. The average molecular weight is 403 g/mol. The van der Waals surface area contributed by atoms with Gasteiger partial charge in [-0.1, -0.05) is 65.9 Å². The fraction of sp³-hybridized carbons (Fsp3) is 0.174. The SMILES string of the molecule is C=CCn1c(SCc2nc(-c3ccc(C)cc3)oc2C)nnc1-c1ccccc1. The van der Waals surface area contributed by atoms with E-state index in [0.717, 1.165) is 33.6 Å². The molecule has 0 amide bonds. The van der Waals surface area contributed by atoms with Crippen molar-refractivity contribution in [2.45, 2.75) is 31.3 Å². The number of aryl methyl sites for hydroxylation is 2. The number of aromatic nitrogens is 4. The summed E-state index contributed by atoms with van der Waals surface area (Å²) in [5.74, 6) is 2.97. The molecule has 0 saturated heterocycles. The van der Waals surface area contributed by atoms with Gasteiger partial charge in [-0.3, -0.25) is 4.57 Å². The number of hydrogen-bond acceptors (Lipinski definition) is 5. The molecule has 6 heteroatoms. The maximum absolute atomic E-state index is 5.90. The van der Waals surface area contributed by atoms with Crippen molar-refractivity contribution in [2.75, 3.05) is 0 Å². The van der Waals surface area contributed by atoms with Crippen molar-refractivity contribution in [3.63, 3.8) is 0 Å². The molecule has 0 atom stereocenters. The molecular weight excluding hydrogens is 380 g/mol. The van der Waals surface area contributed by atoms with Crippen LogP contribution in [0.4, 0.5) is 0 Å². The molecule has 0 fully saturated rings. The molecule has 146 valence electrons. The van der Waals surface area contributed by atoms with Gasteiger partial charge >= 0.3 is 0 Å². The lowest BCUT2D eigenvalue weighted by Gasteiger charge is -2.07. The minimum Gasteiger partial charge on any atom is -0.441 e. The van der Waals surface area contributed by atoms with E-state index in [1.165, 1.54) is 5.56 Å². The standard InChI is InChI=1S/C23H22N4OS/c1-4-14-27-21(18-8-6-5-7-9-18)25-26-23(27)29-15-20-17(3)28-22(24-20)19-12-10-16(2)11-13-19/h4-13H,1,14-15H2,2-3H3. The van der Waals surface area contributed by atoms with Gasteiger partial charge in [-0.05, 0) is 26.0 Å². The molecule has 4 aromatic rings. The van der Waals surface area contributed by atoms with Crippen molar-refractivity contribution < 1.29 is 4.42 Å². The third-order valence-electron chi connectivity index (χ3n) is 4.59. The predicted octanol–water partition coefficient (Wildman–Crippen LogP) is 5.70. The summed E-state index contributed by atoms with van der Waals surface area (Å²) in [6, 6.07) is 18.3. The Bertz CT molecular complexity index is 1110. The Hall–Kier alpha value is -3.12. The van der Waals surface area contributed by atoms with E-state index in [1.54, 1.807) is 11.8 Å². The monoisotopic (exact) mass is 402 g/mol. The van der Waals surface area contributed by atoms with Gasteiger partial charge in [0.15, 0.2) is 11.0 Å². The molecule has 5 nitrogen and oxygen atoms in total. The van der Waals surface area contributed by atoms with Gasteiger partial charge in [0.1, 0.15) is 5.76 Å². The molecule has 29 heavy (non-hydrogen) atoms. The molecule has 0 saturated carbocycles. The molecule has 4 rings (SSSR count). The lowest BCUT2D eigenvalue weighted by molar-refractivity contribution is 0.540. The second-order valence-electron chi connectivity index (χ2n) is 6.75. The van der Waals surface area contributed by atoms with Crippen LogP contribution in [0.15, 0.2) is 76.8 Å². The summed E-state index contributed by atoms with van der Waals surface area (Å²) in [6.07, 6.45) is 1.86. The van der Waals surface area contributed by atoms with E-state index in [9.17, 15) is 0 Å². The van der Waals surface area contributed by atoms with Gasteiger partial charge < -0.3 is 4.42 Å². The first-order valence-electron chi connectivity index (χ1n) is 9.41. The highest BCUT2D eigenvalue weighted by atomic mass is 32.2. The van der Waals surface area contributed by atoms with E-state index in [4.69, 9.17) is 9.40 Å². The van der Waals surface area contributed by atoms with E-state index in [2.05, 4.69) is 40.4 Å². The fourth-order valence-electron chi connectivity index (χ4n) is 3.00. The van der Waals surface area contributed by atoms with Crippen LogP contribution < -0.4 is 0 Å². The summed E-state index contributed by atoms with van der Waals surface area (Å²) < 4.78 is 7.97. The molecule has 0 N–H and O–H groups in total. The Morgan fingerprint density at radius 3 is 2.48 bits per heavy atom. The van der Waals surface area contributed by atoms with E-state index in [1.807, 2.05) is 55.5 Å². The second kappa shape index (κ2) is 8.49. The Kier molecular flexibility index (Phi) is 5.62. The van der Waals surface area contributed by atoms with Gasteiger partial charge in [-0.15, -0.1) is 16.8 Å². The summed E-state index contributed by atoms with van der Waals surface area (Å²) in [7, 11) is 0. The fourth-order valence-corrected chi connectivity index (χ4v) is 3.95. The molecule has 2 aromatic heterocycles. The highest BCUT2D eigenvalue weighted by molar-refractivity contribution is 7.98. The van der Waals surface area contributed by atoms with Gasteiger partial charge in [-0.25, -0.2) is 4.98 Å². The van der Waals surface area contributed by atoms with E-state index >= 15 is 0 Å². The molecule has 0 aliphatic heterocycles. The Morgan fingerprint density at radius 1 is 1.00 bits per heavy atom. The Morgan fingerprint density at radius 2 is 1.76 bits per heavy atom. The quantitative estimate of drug-likeness (QED) is 0.293. The first kappa shape index (κ1) is 19.2. The molecule has 0 aliphatic carbocycles. The molecule has 0 aliphatic rings. The lowest BCUT2D eigenvalue weighted by atomic mass is 10.1. The molecule has 2 aromatic carbocycles. The molecule has 0 bridgehead atoms. The number of benzene rings is 2. The number of rotatable bonds is 7. The second-order valence-corrected chi connectivity index (χ2v) is 7.69. The minimum atomic E-state index is 0.645. The predicted molar refractivity (Wildman–Crippen MR) is 117 cm³/mol. The van der Waals surface area contributed by atoms with Gasteiger partial charge in [0.05, 0.1) is 5.69 Å². The molecule has 0 spiro atoms. The highest BCUT2D eigenvalue weighted by Crippen LogP contribution is 2.29. The zero-order valence-corrected chi connectivity index (χ0v) is 17.3. The Labute approximate surface area is 174 Å². The summed E-state index contributed by atoms with van der Waals surface area (Å²) in [5, 5.41) is 9.64. The maximum atomic E-state index is 5.90. The van der Waals surface area contributed by atoms with Crippen LogP contribution in [0.25, 0.3) is 22.8 Å². The summed E-state index contributed by atoms with van der Waals surface area (Å²) in [6.45, 7) is 8.53. The van der Waals surface area contributed by atoms with Crippen molar-refractivity contribution in [1.29, 1.82) is 0 Å². The number of nitrogens with zero attached hydrogens (tertiary/aromatic N) is 4. The van der Waals surface area contributed by atoms with Crippen LogP contribution in [-0.4, -0.2) is 19.7 Å². The Balaban J connectivity index is 1.56. The largest absolute Gasteiger partial charge is 0.441 e. The van der Waals surface area contributed by atoms with Crippen molar-refractivity contribution in [1.82, 2.24) is 19.7 Å². The third kappa shape index (κ3) is 4.17. The van der Waals surface area contributed by atoms with Crippen LogP contribution >= 0.6 is 11.8 Å². The first-order chi connectivity index (χ1) is 14.2. The van der Waals surface area contributed by atoms with Crippen molar-refractivity contribution in [3.8, 4) is 22.8 Å². The van der Waals surface area contributed by atoms with E-state index in [0.29, 0.717) is 18.2 Å². The summed E-state index contributed by atoms with van der Waals surface area (Å²) >= 11 is 1.60. The molecule has 0 radical (unpaired) electrons. The van der Waals surface area contributed by atoms with Crippen molar-refractivity contribution in [3.05, 3.63) is 84.3 Å². The summed E-state index contributed by atoms with van der Waals surface area (Å²) in [4.78, 5) is 4.70. The first-order valence-corrected chi connectivity index (χ1v) is 10.4. The van der Waals surface area contributed by atoms with Crippen LogP contribution in [0, 0.1) is 13.8 Å². The van der Waals surface area contributed by atoms with E-state index < -0.39 is 0 Å². The number of oxazole rings is 1. The van der Waals surface area contributed by atoms with Gasteiger partial charge in [0.2, 0.25) is 5.89 Å². The van der Waals surface area contributed by atoms with Gasteiger partial charge in [0, 0.05) is 23.4 Å².